The summed E-state index contributed by atoms with van der Waals surface area (Å²) in [6, 6.07) is 6.88. The standard InChI is InChI=1S/C22H16Br2N2O8/c1-2-31-18(27)9-32-19-14(23)6-11(7-15(19)24)5-13-20(28)25-22(30)26(21(13)29)12-3-4-16-17(8-12)34-10-33-16/h3-8H,2,9-10H2,1H3,(H,25,28,30)/b13-5+. The molecule has 0 atom stereocenters. The number of carbonyl (C=O) groups excluding carboxylic acids is 4. The number of amides is 4. The lowest BCUT2D eigenvalue weighted by Crippen LogP contribution is -2.54. The third-order valence-electron chi connectivity index (χ3n) is 4.69. The monoisotopic (exact) mass is 594 g/mol. The van der Waals surface area contributed by atoms with Crippen molar-refractivity contribution in [2.75, 3.05) is 24.9 Å². The zero-order valence-electron chi connectivity index (χ0n) is 17.6. The third kappa shape index (κ3) is 4.77. The number of carbonyl (C=O) groups is 4. The summed E-state index contributed by atoms with van der Waals surface area (Å²) in [5.74, 6) is -0.950. The van der Waals surface area contributed by atoms with E-state index in [4.69, 9.17) is 18.9 Å². The van der Waals surface area contributed by atoms with Gasteiger partial charge in [0.2, 0.25) is 6.79 Å². The molecular formula is C22H16Br2N2O8. The van der Waals surface area contributed by atoms with Gasteiger partial charge in [0, 0.05) is 6.07 Å². The van der Waals surface area contributed by atoms with Gasteiger partial charge < -0.3 is 18.9 Å². The third-order valence-corrected chi connectivity index (χ3v) is 5.87. The van der Waals surface area contributed by atoms with Crippen LogP contribution >= 0.6 is 31.9 Å². The smallest absolute Gasteiger partial charge is 0.344 e. The van der Waals surface area contributed by atoms with Crippen LogP contribution in [-0.4, -0.2) is 43.8 Å². The molecule has 4 rings (SSSR count). The van der Waals surface area contributed by atoms with Crippen molar-refractivity contribution in [2.45, 2.75) is 6.92 Å². The molecule has 1 N–H and O–H groups in total. The van der Waals surface area contributed by atoms with Gasteiger partial charge >= 0.3 is 12.0 Å². The Hall–Kier alpha value is -3.38. The molecule has 1 saturated heterocycles. The second-order valence-electron chi connectivity index (χ2n) is 6.90. The zero-order chi connectivity index (χ0) is 24.4. The minimum absolute atomic E-state index is 0.0336. The highest BCUT2D eigenvalue weighted by atomic mass is 79.9. The van der Waals surface area contributed by atoms with Crippen LogP contribution in [0.3, 0.4) is 0 Å². The van der Waals surface area contributed by atoms with E-state index in [1.807, 2.05) is 0 Å². The number of nitrogens with zero attached hydrogens (tertiary/aromatic N) is 1. The van der Waals surface area contributed by atoms with E-state index in [0.717, 1.165) is 4.90 Å². The number of fused-ring (bicyclic) bond motifs is 1. The Bertz CT molecular complexity index is 1220. The van der Waals surface area contributed by atoms with Crippen LogP contribution in [0.15, 0.2) is 44.9 Å². The van der Waals surface area contributed by atoms with Gasteiger partial charge in [-0.25, -0.2) is 14.5 Å². The van der Waals surface area contributed by atoms with Gasteiger partial charge in [0.15, 0.2) is 18.1 Å². The fourth-order valence-corrected chi connectivity index (χ4v) is 4.67. The Labute approximate surface area is 210 Å². The predicted octanol–water partition coefficient (Wildman–Crippen LogP) is 3.55. The van der Waals surface area contributed by atoms with Gasteiger partial charge in [0.05, 0.1) is 21.2 Å². The van der Waals surface area contributed by atoms with E-state index in [9.17, 15) is 19.2 Å². The molecular weight excluding hydrogens is 580 g/mol. The lowest BCUT2D eigenvalue weighted by molar-refractivity contribution is -0.145. The molecule has 2 aliphatic heterocycles. The number of nitrogens with one attached hydrogen (secondary N) is 1. The van der Waals surface area contributed by atoms with E-state index < -0.39 is 23.8 Å². The zero-order valence-corrected chi connectivity index (χ0v) is 20.7. The first-order valence-electron chi connectivity index (χ1n) is 9.87. The molecule has 2 heterocycles. The molecule has 0 aromatic heterocycles. The van der Waals surface area contributed by atoms with Gasteiger partial charge in [-0.3, -0.25) is 14.9 Å². The molecule has 0 radical (unpaired) electrons. The van der Waals surface area contributed by atoms with Crippen molar-refractivity contribution in [2.24, 2.45) is 0 Å². The minimum atomic E-state index is -0.879. The number of rotatable bonds is 6. The summed E-state index contributed by atoms with van der Waals surface area (Å²) in [5.41, 5.74) is 0.423. The van der Waals surface area contributed by atoms with Crippen molar-refractivity contribution in [3.63, 3.8) is 0 Å². The average molecular weight is 596 g/mol. The molecule has 0 saturated carbocycles. The molecule has 1 fully saturated rings. The van der Waals surface area contributed by atoms with E-state index in [-0.39, 0.29) is 31.3 Å². The molecule has 2 aromatic rings. The Balaban J connectivity index is 1.61. The summed E-state index contributed by atoms with van der Waals surface area (Å²) in [6.45, 7) is 1.67. The highest BCUT2D eigenvalue weighted by Crippen LogP contribution is 2.37. The molecule has 0 aliphatic carbocycles. The van der Waals surface area contributed by atoms with Gasteiger partial charge in [-0.05, 0) is 74.7 Å². The molecule has 34 heavy (non-hydrogen) atoms. The number of barbiturate groups is 1. The quantitative estimate of drug-likeness (QED) is 0.306. The van der Waals surface area contributed by atoms with Crippen molar-refractivity contribution in [1.82, 2.24) is 5.32 Å². The van der Waals surface area contributed by atoms with Crippen LogP contribution in [0.2, 0.25) is 0 Å². The van der Waals surface area contributed by atoms with Crippen molar-refractivity contribution in [3.05, 3.63) is 50.4 Å². The largest absolute Gasteiger partial charge is 0.480 e. The normalized spacial score (nSPS) is 16.0. The summed E-state index contributed by atoms with van der Waals surface area (Å²) in [6.07, 6.45) is 1.34. The summed E-state index contributed by atoms with van der Waals surface area (Å²) in [5, 5.41) is 2.17. The van der Waals surface area contributed by atoms with Crippen LogP contribution in [0, 0.1) is 0 Å². The van der Waals surface area contributed by atoms with Crippen LogP contribution in [-0.2, 0) is 19.1 Å². The predicted molar refractivity (Wildman–Crippen MR) is 126 cm³/mol. The number of halogens is 2. The summed E-state index contributed by atoms with van der Waals surface area (Å²) in [7, 11) is 0. The molecule has 2 aliphatic rings. The van der Waals surface area contributed by atoms with Crippen LogP contribution in [0.1, 0.15) is 12.5 Å². The molecule has 4 amide bonds. The molecule has 0 bridgehead atoms. The summed E-state index contributed by atoms with van der Waals surface area (Å²) >= 11 is 6.71. The van der Waals surface area contributed by atoms with Gasteiger partial charge in [-0.1, -0.05) is 0 Å². The van der Waals surface area contributed by atoms with Crippen molar-refractivity contribution >= 4 is 67.4 Å². The summed E-state index contributed by atoms with van der Waals surface area (Å²) < 4.78 is 21.8. The lowest BCUT2D eigenvalue weighted by atomic mass is 10.1. The second-order valence-corrected chi connectivity index (χ2v) is 8.61. The molecule has 2 aromatic carbocycles. The topological polar surface area (TPSA) is 120 Å². The fraction of sp³-hybridized carbons (Fsp3) is 0.182. The van der Waals surface area contributed by atoms with E-state index in [1.54, 1.807) is 25.1 Å². The molecule has 0 unspecified atom stereocenters. The second kappa shape index (κ2) is 9.85. The average Bonchev–Trinajstić information content (AvgIpc) is 3.24. The van der Waals surface area contributed by atoms with Crippen LogP contribution in [0.25, 0.3) is 6.08 Å². The molecule has 10 nitrogen and oxygen atoms in total. The van der Waals surface area contributed by atoms with Crippen molar-refractivity contribution in [3.8, 4) is 17.2 Å². The lowest BCUT2D eigenvalue weighted by Gasteiger charge is -2.26. The van der Waals surface area contributed by atoms with Crippen molar-refractivity contribution in [1.29, 1.82) is 0 Å². The SMILES string of the molecule is CCOC(=O)COc1c(Br)cc(/C=C2\C(=O)NC(=O)N(c3ccc4c(c3)OCO4)C2=O)cc1Br. The number of imide groups is 2. The fourth-order valence-electron chi connectivity index (χ4n) is 3.22. The van der Waals surface area contributed by atoms with Gasteiger partial charge in [0.25, 0.3) is 11.8 Å². The van der Waals surface area contributed by atoms with E-state index in [0.29, 0.717) is 31.8 Å². The molecule has 176 valence electrons. The number of hydrogen-bond donors (Lipinski definition) is 1. The Morgan fingerprint density at radius 2 is 1.82 bits per heavy atom. The number of urea groups is 1. The van der Waals surface area contributed by atoms with E-state index in [1.165, 1.54) is 18.2 Å². The first-order chi connectivity index (χ1) is 16.3. The highest BCUT2D eigenvalue weighted by molar-refractivity contribution is 9.11. The number of hydrogen-bond acceptors (Lipinski definition) is 8. The van der Waals surface area contributed by atoms with Gasteiger partial charge in [-0.15, -0.1) is 0 Å². The Morgan fingerprint density at radius 1 is 1.12 bits per heavy atom. The van der Waals surface area contributed by atoms with Crippen LogP contribution in [0.4, 0.5) is 10.5 Å². The van der Waals surface area contributed by atoms with E-state index >= 15 is 0 Å². The minimum Gasteiger partial charge on any atom is -0.480 e. The Morgan fingerprint density at radius 3 is 2.53 bits per heavy atom. The number of ether oxygens (including phenoxy) is 4. The number of anilines is 1. The first-order valence-corrected chi connectivity index (χ1v) is 11.5. The van der Waals surface area contributed by atoms with Gasteiger partial charge in [-0.2, -0.15) is 0 Å². The number of esters is 1. The Kier molecular flexibility index (Phi) is 6.89. The maximum absolute atomic E-state index is 13.1. The maximum Gasteiger partial charge on any atom is 0.344 e. The maximum atomic E-state index is 13.1. The van der Waals surface area contributed by atoms with Crippen LogP contribution < -0.4 is 24.4 Å². The highest BCUT2D eigenvalue weighted by Gasteiger charge is 2.37. The first kappa shape index (κ1) is 23.8. The van der Waals surface area contributed by atoms with Gasteiger partial charge in [0.1, 0.15) is 11.3 Å². The number of benzene rings is 2. The molecule has 0 spiro atoms. The molecule has 12 heteroatoms. The van der Waals surface area contributed by atoms with Crippen molar-refractivity contribution < 1.29 is 38.1 Å². The summed E-state index contributed by atoms with van der Waals surface area (Å²) in [4.78, 5) is 50.4. The van der Waals surface area contributed by atoms with Crippen LogP contribution in [0.5, 0.6) is 17.2 Å². The van der Waals surface area contributed by atoms with E-state index in [2.05, 4.69) is 37.2 Å².